The van der Waals surface area contributed by atoms with Crippen LogP contribution >= 0.6 is 11.3 Å². The van der Waals surface area contributed by atoms with E-state index in [1.54, 1.807) is 12.4 Å². The van der Waals surface area contributed by atoms with Crippen LogP contribution in [0.1, 0.15) is 37.1 Å². The topological polar surface area (TPSA) is 88.1 Å². The van der Waals surface area contributed by atoms with Gasteiger partial charge in [0.25, 0.3) is 0 Å². The van der Waals surface area contributed by atoms with E-state index in [9.17, 15) is 0 Å². The molecule has 0 radical (unpaired) electrons. The van der Waals surface area contributed by atoms with Gasteiger partial charge in [0.05, 0.1) is 24.6 Å². The Bertz CT molecular complexity index is 974. The molecule has 4 heterocycles. The van der Waals surface area contributed by atoms with Crippen molar-refractivity contribution in [2.45, 2.75) is 33.0 Å². The molecule has 4 rings (SSSR count). The average molecular weight is 380 g/mol. The molecule has 0 unspecified atom stereocenters. The molecular weight excluding hydrogens is 360 g/mol. The maximum absolute atomic E-state index is 5.66. The van der Waals surface area contributed by atoms with Crippen LogP contribution in [0.25, 0.3) is 6.08 Å². The highest BCUT2D eigenvalue weighted by atomic mass is 32.1. The molecule has 0 aliphatic carbocycles. The number of anilines is 2. The Morgan fingerprint density at radius 3 is 3.11 bits per heavy atom. The number of rotatable bonds is 6. The standard InChI is InChI=1S/C19H20N6OS/c1-12(2)26-11-13-6-7-20-17(8-13)25-19-24-16-5-3-4-15(23-18(16)27-19)14-9-21-22-10-14/h3,5-10,12H,4,11H2,1-2H3,(H,21,22)(H,20,24,25). The second kappa shape index (κ2) is 7.81. The molecule has 0 atom stereocenters. The van der Waals surface area contributed by atoms with E-state index in [4.69, 9.17) is 9.73 Å². The maximum Gasteiger partial charge on any atom is 0.190 e. The summed E-state index contributed by atoms with van der Waals surface area (Å²) in [4.78, 5) is 13.8. The van der Waals surface area contributed by atoms with Gasteiger partial charge in [0.1, 0.15) is 16.5 Å². The zero-order valence-electron chi connectivity index (χ0n) is 15.1. The first-order valence-corrected chi connectivity index (χ1v) is 9.56. The number of hydrogen-bond acceptors (Lipinski definition) is 7. The smallest absolute Gasteiger partial charge is 0.190 e. The molecule has 0 spiro atoms. The molecule has 2 N–H and O–H groups in total. The summed E-state index contributed by atoms with van der Waals surface area (Å²) in [6.07, 6.45) is 10.4. The molecule has 0 fully saturated rings. The average Bonchev–Trinajstić information content (AvgIpc) is 3.26. The van der Waals surface area contributed by atoms with Crippen LogP contribution in [0.4, 0.5) is 16.0 Å². The molecule has 0 amide bonds. The summed E-state index contributed by atoms with van der Waals surface area (Å²) in [5, 5.41) is 11.8. The summed E-state index contributed by atoms with van der Waals surface area (Å²) in [6, 6.07) is 3.93. The number of H-pyrrole nitrogens is 1. The van der Waals surface area contributed by atoms with Crippen molar-refractivity contribution in [2.75, 3.05) is 5.32 Å². The number of ether oxygens (including phenoxy) is 1. The van der Waals surface area contributed by atoms with E-state index in [1.165, 1.54) is 11.3 Å². The molecule has 0 saturated carbocycles. The van der Waals surface area contributed by atoms with E-state index in [2.05, 4.69) is 31.6 Å². The van der Waals surface area contributed by atoms with Crippen molar-refractivity contribution in [3.05, 3.63) is 53.6 Å². The zero-order chi connectivity index (χ0) is 18.6. The lowest BCUT2D eigenvalue weighted by Crippen LogP contribution is -2.03. The Hall–Kier alpha value is -2.84. The summed E-state index contributed by atoms with van der Waals surface area (Å²) in [6.45, 7) is 4.61. The molecule has 27 heavy (non-hydrogen) atoms. The zero-order valence-corrected chi connectivity index (χ0v) is 16.0. The van der Waals surface area contributed by atoms with Crippen LogP contribution < -0.4 is 5.32 Å². The third kappa shape index (κ3) is 4.29. The quantitative estimate of drug-likeness (QED) is 0.659. The first-order chi connectivity index (χ1) is 13.2. The Kier molecular flexibility index (Phi) is 5.08. The first-order valence-electron chi connectivity index (χ1n) is 8.75. The number of pyridine rings is 1. The van der Waals surface area contributed by atoms with Gasteiger partial charge in [-0.3, -0.25) is 5.10 Å². The highest BCUT2D eigenvalue weighted by Gasteiger charge is 2.14. The van der Waals surface area contributed by atoms with Crippen LogP contribution in [0.3, 0.4) is 0 Å². The van der Waals surface area contributed by atoms with Gasteiger partial charge in [-0.05, 0) is 37.6 Å². The molecule has 0 bridgehead atoms. The molecule has 3 aromatic rings. The fourth-order valence-electron chi connectivity index (χ4n) is 2.61. The molecule has 1 aliphatic heterocycles. The highest BCUT2D eigenvalue weighted by Crippen LogP contribution is 2.35. The third-order valence-electron chi connectivity index (χ3n) is 3.93. The minimum atomic E-state index is 0.193. The molecule has 8 heteroatoms. The number of thiazole rings is 1. The van der Waals surface area contributed by atoms with Gasteiger partial charge >= 0.3 is 0 Å². The summed E-state index contributed by atoms with van der Waals surface area (Å²) in [5.41, 5.74) is 3.90. The summed E-state index contributed by atoms with van der Waals surface area (Å²) < 4.78 is 5.66. The molecule has 3 aromatic heterocycles. The summed E-state index contributed by atoms with van der Waals surface area (Å²) in [7, 11) is 0. The summed E-state index contributed by atoms with van der Waals surface area (Å²) >= 11 is 1.51. The van der Waals surface area contributed by atoms with Crippen molar-refractivity contribution in [3.63, 3.8) is 0 Å². The molecule has 0 aromatic carbocycles. The predicted molar refractivity (Wildman–Crippen MR) is 108 cm³/mol. The van der Waals surface area contributed by atoms with Crippen molar-refractivity contribution in [1.82, 2.24) is 20.2 Å². The van der Waals surface area contributed by atoms with Crippen LogP contribution in [0.2, 0.25) is 0 Å². The van der Waals surface area contributed by atoms with E-state index in [-0.39, 0.29) is 6.10 Å². The van der Waals surface area contributed by atoms with Gasteiger partial charge in [-0.2, -0.15) is 5.10 Å². The minimum Gasteiger partial charge on any atom is -0.374 e. The monoisotopic (exact) mass is 380 g/mol. The first kappa shape index (κ1) is 17.6. The van der Waals surface area contributed by atoms with Crippen LogP contribution in [-0.4, -0.2) is 32.0 Å². The number of aromatic nitrogens is 4. The van der Waals surface area contributed by atoms with Gasteiger partial charge in [0, 0.05) is 24.4 Å². The Balaban J connectivity index is 1.54. The highest BCUT2D eigenvalue weighted by molar-refractivity contribution is 7.19. The van der Waals surface area contributed by atoms with Crippen LogP contribution in [0, 0.1) is 0 Å². The Labute approximate surface area is 161 Å². The van der Waals surface area contributed by atoms with Crippen LogP contribution in [-0.2, 0) is 11.3 Å². The SMILES string of the molecule is CC(C)OCc1ccnc(Nc2nc3c(s2)N=C(c2cn[nH]c2)CC=C3)c1. The van der Waals surface area contributed by atoms with Crippen molar-refractivity contribution in [2.24, 2.45) is 4.99 Å². The number of allylic oxidation sites excluding steroid dienone is 1. The largest absolute Gasteiger partial charge is 0.374 e. The van der Waals surface area contributed by atoms with Gasteiger partial charge < -0.3 is 10.1 Å². The lowest BCUT2D eigenvalue weighted by Gasteiger charge is -2.08. The van der Waals surface area contributed by atoms with Crippen LogP contribution in [0.15, 0.2) is 41.8 Å². The van der Waals surface area contributed by atoms with Crippen molar-refractivity contribution in [3.8, 4) is 0 Å². The summed E-state index contributed by atoms with van der Waals surface area (Å²) in [5.74, 6) is 0.742. The number of nitrogens with one attached hydrogen (secondary N) is 2. The lowest BCUT2D eigenvalue weighted by atomic mass is 10.1. The number of fused-ring (bicyclic) bond motifs is 1. The number of aromatic amines is 1. The third-order valence-corrected chi connectivity index (χ3v) is 4.81. The Morgan fingerprint density at radius 2 is 2.30 bits per heavy atom. The van der Waals surface area contributed by atoms with E-state index in [0.29, 0.717) is 6.61 Å². The van der Waals surface area contributed by atoms with E-state index in [0.717, 1.165) is 44.9 Å². The van der Waals surface area contributed by atoms with Gasteiger partial charge in [-0.15, -0.1) is 0 Å². The maximum atomic E-state index is 5.66. The second-order valence-corrected chi connectivity index (χ2v) is 7.37. The fourth-order valence-corrected chi connectivity index (χ4v) is 3.47. The minimum absolute atomic E-state index is 0.193. The van der Waals surface area contributed by atoms with Crippen molar-refractivity contribution < 1.29 is 4.74 Å². The number of nitrogens with zero attached hydrogens (tertiary/aromatic N) is 4. The molecule has 0 saturated heterocycles. The van der Waals surface area contributed by atoms with E-state index in [1.807, 2.05) is 38.3 Å². The van der Waals surface area contributed by atoms with Gasteiger partial charge in [-0.1, -0.05) is 17.4 Å². The van der Waals surface area contributed by atoms with Crippen molar-refractivity contribution in [1.29, 1.82) is 0 Å². The second-order valence-electron chi connectivity index (χ2n) is 6.40. The molecule has 138 valence electrons. The van der Waals surface area contributed by atoms with Crippen molar-refractivity contribution >= 4 is 39.1 Å². The lowest BCUT2D eigenvalue weighted by molar-refractivity contribution is 0.0657. The number of aliphatic imine (C=N–C) groups is 1. The van der Waals surface area contributed by atoms with Gasteiger partial charge in [0.2, 0.25) is 0 Å². The normalized spacial score (nSPS) is 13.4. The molecule has 1 aliphatic rings. The molecule has 7 nitrogen and oxygen atoms in total. The van der Waals surface area contributed by atoms with Crippen LogP contribution in [0.5, 0.6) is 0 Å². The van der Waals surface area contributed by atoms with Gasteiger partial charge in [-0.25, -0.2) is 15.0 Å². The van der Waals surface area contributed by atoms with Gasteiger partial charge in [0.15, 0.2) is 5.13 Å². The fraction of sp³-hybridized carbons (Fsp3) is 0.263. The van der Waals surface area contributed by atoms with E-state index < -0.39 is 0 Å². The molecular formula is C19H20N6OS. The Morgan fingerprint density at radius 1 is 1.37 bits per heavy atom. The predicted octanol–water partition coefficient (Wildman–Crippen LogP) is 4.47. The number of hydrogen-bond donors (Lipinski definition) is 2. The van der Waals surface area contributed by atoms with E-state index >= 15 is 0 Å².